The number of carbonyl (C=O) groups excluding carboxylic acids is 3. The van der Waals surface area contributed by atoms with Crippen LogP contribution >= 0.6 is 0 Å². The molecule has 0 radical (unpaired) electrons. The van der Waals surface area contributed by atoms with E-state index in [4.69, 9.17) is 9.47 Å². The molecular weight excluding hydrogens is 427 g/mol. The van der Waals surface area contributed by atoms with Gasteiger partial charge in [-0.3, -0.25) is 9.59 Å². The predicted molar refractivity (Wildman–Crippen MR) is 120 cm³/mol. The highest BCUT2D eigenvalue weighted by atomic mass is 19.1. The maximum absolute atomic E-state index is 13.2. The van der Waals surface area contributed by atoms with Crippen molar-refractivity contribution in [2.24, 2.45) is 0 Å². The fourth-order valence-electron chi connectivity index (χ4n) is 2.98. The van der Waals surface area contributed by atoms with Crippen LogP contribution in [0.1, 0.15) is 28.4 Å². The lowest BCUT2D eigenvalue weighted by atomic mass is 10.1. The van der Waals surface area contributed by atoms with Crippen molar-refractivity contribution in [3.8, 4) is 5.75 Å². The van der Waals surface area contributed by atoms with Gasteiger partial charge in [-0.1, -0.05) is 24.3 Å². The Labute approximate surface area is 190 Å². The zero-order valence-electron chi connectivity index (χ0n) is 18.0. The highest BCUT2D eigenvalue weighted by molar-refractivity contribution is 6.04. The third-order valence-corrected chi connectivity index (χ3v) is 4.51. The van der Waals surface area contributed by atoms with E-state index in [1.807, 2.05) is 6.07 Å². The molecule has 3 aromatic carbocycles. The number of ether oxygens (including phenoxy) is 2. The molecule has 0 aliphatic rings. The van der Waals surface area contributed by atoms with Crippen LogP contribution < -0.4 is 15.4 Å². The van der Waals surface area contributed by atoms with E-state index in [1.165, 1.54) is 36.4 Å². The van der Waals surface area contributed by atoms with Crippen molar-refractivity contribution in [1.82, 2.24) is 5.32 Å². The number of anilines is 1. The van der Waals surface area contributed by atoms with Gasteiger partial charge in [0.15, 0.2) is 0 Å². The molecule has 8 heteroatoms. The second kappa shape index (κ2) is 11.4. The third kappa shape index (κ3) is 7.46. The van der Waals surface area contributed by atoms with Crippen LogP contribution in [0.2, 0.25) is 0 Å². The van der Waals surface area contributed by atoms with Crippen molar-refractivity contribution in [2.45, 2.75) is 19.9 Å². The molecule has 3 aromatic rings. The molecule has 170 valence electrons. The molecule has 0 heterocycles. The summed E-state index contributed by atoms with van der Waals surface area (Å²) in [6.45, 7) is 2.14. The highest BCUT2D eigenvalue weighted by Crippen LogP contribution is 2.16. The lowest BCUT2D eigenvalue weighted by Gasteiger charge is -2.10. The summed E-state index contributed by atoms with van der Waals surface area (Å²) >= 11 is 0. The van der Waals surface area contributed by atoms with Crippen LogP contribution in [0.4, 0.5) is 14.9 Å². The van der Waals surface area contributed by atoms with E-state index in [9.17, 15) is 18.8 Å². The van der Waals surface area contributed by atoms with Crippen molar-refractivity contribution >= 4 is 23.7 Å². The van der Waals surface area contributed by atoms with E-state index in [1.54, 1.807) is 37.3 Å². The molecule has 3 rings (SSSR count). The summed E-state index contributed by atoms with van der Waals surface area (Å²) in [6.07, 6.45) is -0.737. The average Bonchev–Trinajstić information content (AvgIpc) is 2.78. The van der Waals surface area contributed by atoms with E-state index >= 15 is 0 Å². The molecule has 33 heavy (non-hydrogen) atoms. The summed E-state index contributed by atoms with van der Waals surface area (Å²) < 4.78 is 22.9. The minimum Gasteiger partial charge on any atom is -0.434 e. The molecule has 0 saturated heterocycles. The average molecular weight is 450 g/mol. The van der Waals surface area contributed by atoms with Gasteiger partial charge < -0.3 is 20.1 Å². The van der Waals surface area contributed by atoms with Gasteiger partial charge in [0.1, 0.15) is 11.6 Å². The summed E-state index contributed by atoms with van der Waals surface area (Å²) in [5.74, 6) is -0.698. The van der Waals surface area contributed by atoms with Gasteiger partial charge in [0.25, 0.3) is 5.91 Å². The Balaban J connectivity index is 1.53. The fourth-order valence-corrected chi connectivity index (χ4v) is 2.98. The highest BCUT2D eigenvalue weighted by Gasteiger charge is 2.10. The molecule has 2 amide bonds. The first-order valence-corrected chi connectivity index (χ1v) is 10.3. The number of nitrogens with one attached hydrogen (secondary N) is 2. The first kappa shape index (κ1) is 23.5. The van der Waals surface area contributed by atoms with Crippen molar-refractivity contribution in [1.29, 1.82) is 0 Å². The van der Waals surface area contributed by atoms with E-state index in [2.05, 4.69) is 10.6 Å². The Morgan fingerprint density at radius 3 is 2.36 bits per heavy atom. The van der Waals surface area contributed by atoms with Gasteiger partial charge in [-0.05, 0) is 66.6 Å². The number of amides is 2. The molecule has 0 saturated carbocycles. The van der Waals surface area contributed by atoms with E-state index in [0.29, 0.717) is 16.8 Å². The lowest BCUT2D eigenvalue weighted by molar-refractivity contribution is -0.120. The first-order valence-electron chi connectivity index (χ1n) is 10.3. The Morgan fingerprint density at radius 2 is 1.64 bits per heavy atom. The normalized spacial score (nSPS) is 10.2. The molecule has 0 bridgehead atoms. The van der Waals surface area contributed by atoms with Crippen LogP contribution in [0.5, 0.6) is 5.75 Å². The third-order valence-electron chi connectivity index (χ3n) is 4.51. The summed E-state index contributed by atoms with van der Waals surface area (Å²) in [4.78, 5) is 36.0. The number of hydrogen-bond acceptors (Lipinski definition) is 5. The van der Waals surface area contributed by atoms with Crippen LogP contribution in [-0.4, -0.2) is 24.6 Å². The van der Waals surface area contributed by atoms with E-state index < -0.39 is 6.16 Å². The van der Waals surface area contributed by atoms with Crippen molar-refractivity contribution in [3.05, 3.63) is 95.3 Å². The zero-order valence-corrected chi connectivity index (χ0v) is 18.0. The molecule has 0 unspecified atom stereocenters. The predicted octanol–water partition coefficient (Wildman–Crippen LogP) is 4.47. The van der Waals surface area contributed by atoms with Crippen LogP contribution in [0.3, 0.4) is 0 Å². The van der Waals surface area contributed by atoms with E-state index in [0.717, 1.165) is 5.56 Å². The molecule has 0 spiro atoms. The summed E-state index contributed by atoms with van der Waals surface area (Å²) in [6, 6.07) is 19.0. The summed E-state index contributed by atoms with van der Waals surface area (Å²) in [7, 11) is 0. The maximum Gasteiger partial charge on any atom is 0.513 e. The Hall–Kier alpha value is -4.20. The fraction of sp³-hybridized carbons (Fsp3) is 0.160. The van der Waals surface area contributed by atoms with Gasteiger partial charge in [0.05, 0.1) is 13.0 Å². The minimum atomic E-state index is -0.811. The molecule has 0 aliphatic heterocycles. The van der Waals surface area contributed by atoms with Crippen molar-refractivity contribution < 1.29 is 28.2 Å². The van der Waals surface area contributed by atoms with Crippen molar-refractivity contribution in [3.63, 3.8) is 0 Å². The first-order chi connectivity index (χ1) is 15.9. The standard InChI is InChI=1S/C25H23FN2O5/c1-2-32-25(31)33-22-11-9-19(10-12-22)24(30)28-21-8-4-6-18(14-21)16-27-23(29)15-17-5-3-7-20(26)13-17/h3-14H,2,15-16H2,1H3,(H,27,29)(H,28,30). The number of benzene rings is 3. The van der Waals surface area contributed by atoms with Gasteiger partial charge in [-0.2, -0.15) is 0 Å². The van der Waals surface area contributed by atoms with Gasteiger partial charge >= 0.3 is 6.16 Å². The molecule has 0 aliphatic carbocycles. The quantitative estimate of drug-likeness (QED) is 0.390. The second-order valence-electron chi connectivity index (χ2n) is 7.05. The van der Waals surface area contributed by atoms with Gasteiger partial charge in [-0.15, -0.1) is 0 Å². The monoisotopic (exact) mass is 450 g/mol. The lowest BCUT2D eigenvalue weighted by Crippen LogP contribution is -2.24. The van der Waals surface area contributed by atoms with Gasteiger partial charge in [0, 0.05) is 17.8 Å². The number of carbonyl (C=O) groups is 3. The molecule has 0 aromatic heterocycles. The number of rotatable bonds is 8. The Morgan fingerprint density at radius 1 is 0.909 bits per heavy atom. The van der Waals surface area contributed by atoms with Gasteiger partial charge in [0.2, 0.25) is 5.91 Å². The Kier molecular flexibility index (Phi) is 8.13. The van der Waals surface area contributed by atoms with Crippen molar-refractivity contribution in [2.75, 3.05) is 11.9 Å². The van der Waals surface area contributed by atoms with Crippen LogP contribution in [0.25, 0.3) is 0 Å². The number of hydrogen-bond donors (Lipinski definition) is 2. The molecule has 7 nitrogen and oxygen atoms in total. The van der Waals surface area contributed by atoms with Gasteiger partial charge in [-0.25, -0.2) is 9.18 Å². The van der Waals surface area contributed by atoms with Crippen LogP contribution in [0, 0.1) is 5.82 Å². The maximum atomic E-state index is 13.2. The summed E-state index contributed by atoms with van der Waals surface area (Å²) in [5.41, 5.74) is 2.31. The molecular formula is C25H23FN2O5. The topological polar surface area (TPSA) is 93.7 Å². The largest absolute Gasteiger partial charge is 0.513 e. The van der Waals surface area contributed by atoms with Crippen LogP contribution in [0.15, 0.2) is 72.8 Å². The smallest absolute Gasteiger partial charge is 0.434 e. The zero-order chi connectivity index (χ0) is 23.6. The van der Waals surface area contributed by atoms with E-state index in [-0.39, 0.29) is 43.0 Å². The number of halogens is 1. The Bertz CT molecular complexity index is 1130. The summed E-state index contributed by atoms with van der Waals surface area (Å²) in [5, 5.41) is 5.57. The molecule has 0 atom stereocenters. The second-order valence-corrected chi connectivity index (χ2v) is 7.05. The van der Waals surface area contributed by atoms with Crippen LogP contribution in [-0.2, 0) is 22.5 Å². The minimum absolute atomic E-state index is 0.0735. The molecule has 2 N–H and O–H groups in total. The molecule has 0 fully saturated rings. The SMILES string of the molecule is CCOC(=O)Oc1ccc(C(=O)Nc2cccc(CNC(=O)Cc3cccc(F)c3)c2)cc1.